The molecule has 1 N–H and O–H groups in total. The highest BCUT2D eigenvalue weighted by Gasteiger charge is 2.31. The third-order valence-electron chi connectivity index (χ3n) is 2.36. The fourth-order valence-corrected chi connectivity index (χ4v) is 1.60. The second-order valence-electron chi connectivity index (χ2n) is 3.80. The summed E-state index contributed by atoms with van der Waals surface area (Å²) in [6.45, 7) is 8.49. The van der Waals surface area contributed by atoms with Crippen LogP contribution in [0.5, 0.6) is 0 Å². The monoisotopic (exact) mass is 157 g/mol. The summed E-state index contributed by atoms with van der Waals surface area (Å²) >= 11 is 0. The molecular weight excluding hydrogens is 138 g/mol. The van der Waals surface area contributed by atoms with Crippen LogP contribution in [0.15, 0.2) is 0 Å². The van der Waals surface area contributed by atoms with Gasteiger partial charge in [0.15, 0.2) is 0 Å². The van der Waals surface area contributed by atoms with Gasteiger partial charge in [0.2, 0.25) is 0 Å². The van der Waals surface area contributed by atoms with Gasteiger partial charge in [0, 0.05) is 12.1 Å². The lowest BCUT2D eigenvalue weighted by molar-refractivity contribution is -0.0411. The van der Waals surface area contributed by atoms with Crippen LogP contribution in [-0.2, 0) is 4.74 Å². The van der Waals surface area contributed by atoms with Gasteiger partial charge in [-0.25, -0.2) is 0 Å². The van der Waals surface area contributed by atoms with E-state index in [9.17, 15) is 0 Å². The van der Waals surface area contributed by atoms with Crippen LogP contribution in [0.1, 0.15) is 33.6 Å². The molecule has 0 amide bonds. The molecule has 0 saturated carbocycles. The molecule has 1 saturated heterocycles. The van der Waals surface area contributed by atoms with E-state index < -0.39 is 0 Å². The lowest BCUT2D eigenvalue weighted by Gasteiger charge is -2.39. The summed E-state index contributed by atoms with van der Waals surface area (Å²) < 4.78 is 5.67. The SMILES string of the molecule is CCCC1OCCNC1(C)C. The van der Waals surface area contributed by atoms with E-state index >= 15 is 0 Å². The van der Waals surface area contributed by atoms with Crippen LogP contribution >= 0.6 is 0 Å². The fraction of sp³-hybridized carbons (Fsp3) is 1.00. The molecule has 0 aromatic heterocycles. The molecule has 1 fully saturated rings. The predicted octanol–water partition coefficient (Wildman–Crippen LogP) is 1.55. The summed E-state index contributed by atoms with van der Waals surface area (Å²) in [5, 5.41) is 3.47. The van der Waals surface area contributed by atoms with Gasteiger partial charge in [-0.2, -0.15) is 0 Å². The molecule has 0 spiro atoms. The van der Waals surface area contributed by atoms with Crippen molar-refractivity contribution in [1.82, 2.24) is 5.32 Å². The fourth-order valence-electron chi connectivity index (χ4n) is 1.60. The third-order valence-corrected chi connectivity index (χ3v) is 2.36. The highest BCUT2D eigenvalue weighted by molar-refractivity contribution is 4.89. The summed E-state index contributed by atoms with van der Waals surface area (Å²) in [4.78, 5) is 0. The molecule has 1 heterocycles. The largest absolute Gasteiger partial charge is 0.375 e. The van der Waals surface area contributed by atoms with Crippen molar-refractivity contribution >= 4 is 0 Å². The molecule has 0 aliphatic carbocycles. The zero-order valence-corrected chi connectivity index (χ0v) is 7.81. The lowest BCUT2D eigenvalue weighted by Crippen LogP contribution is -2.56. The Morgan fingerprint density at radius 1 is 1.55 bits per heavy atom. The number of hydrogen-bond donors (Lipinski definition) is 1. The summed E-state index contributed by atoms with van der Waals surface area (Å²) in [7, 11) is 0. The number of ether oxygens (including phenoxy) is 1. The van der Waals surface area contributed by atoms with E-state index in [0.717, 1.165) is 13.2 Å². The molecule has 0 aromatic rings. The maximum Gasteiger partial charge on any atom is 0.0751 e. The van der Waals surface area contributed by atoms with E-state index in [1.807, 2.05) is 0 Å². The summed E-state index contributed by atoms with van der Waals surface area (Å²) in [5.74, 6) is 0. The highest BCUT2D eigenvalue weighted by atomic mass is 16.5. The highest BCUT2D eigenvalue weighted by Crippen LogP contribution is 2.20. The van der Waals surface area contributed by atoms with Crippen molar-refractivity contribution in [2.24, 2.45) is 0 Å². The topological polar surface area (TPSA) is 21.3 Å². The first kappa shape index (κ1) is 9.01. The molecule has 1 rings (SSSR count). The molecule has 0 bridgehead atoms. The minimum Gasteiger partial charge on any atom is -0.375 e. The van der Waals surface area contributed by atoms with Crippen LogP contribution in [0.2, 0.25) is 0 Å². The average molecular weight is 157 g/mol. The zero-order chi connectivity index (χ0) is 8.32. The predicted molar refractivity (Wildman–Crippen MR) is 46.7 cm³/mol. The van der Waals surface area contributed by atoms with Crippen LogP contribution in [0.3, 0.4) is 0 Å². The Kier molecular flexibility index (Phi) is 2.90. The molecule has 2 nitrogen and oxygen atoms in total. The maximum atomic E-state index is 5.67. The van der Waals surface area contributed by atoms with Crippen LogP contribution in [0.4, 0.5) is 0 Å². The van der Waals surface area contributed by atoms with Gasteiger partial charge in [-0.1, -0.05) is 13.3 Å². The lowest BCUT2D eigenvalue weighted by atomic mass is 9.92. The van der Waals surface area contributed by atoms with Crippen molar-refractivity contribution in [2.45, 2.75) is 45.3 Å². The van der Waals surface area contributed by atoms with Gasteiger partial charge >= 0.3 is 0 Å². The Morgan fingerprint density at radius 2 is 2.27 bits per heavy atom. The Labute approximate surface area is 69.3 Å². The van der Waals surface area contributed by atoms with Gasteiger partial charge in [0.05, 0.1) is 12.7 Å². The second kappa shape index (κ2) is 3.55. The van der Waals surface area contributed by atoms with Crippen molar-refractivity contribution in [3.8, 4) is 0 Å². The number of morpholine rings is 1. The molecule has 1 aliphatic heterocycles. The Balaban J connectivity index is 2.45. The summed E-state index contributed by atoms with van der Waals surface area (Å²) in [6, 6.07) is 0. The second-order valence-corrected chi connectivity index (χ2v) is 3.80. The zero-order valence-electron chi connectivity index (χ0n) is 7.81. The van der Waals surface area contributed by atoms with E-state index in [-0.39, 0.29) is 5.54 Å². The van der Waals surface area contributed by atoms with Crippen molar-refractivity contribution < 1.29 is 4.74 Å². The first-order valence-electron chi connectivity index (χ1n) is 4.53. The van der Waals surface area contributed by atoms with Crippen LogP contribution < -0.4 is 5.32 Å². The normalized spacial score (nSPS) is 30.3. The molecule has 0 radical (unpaired) electrons. The van der Waals surface area contributed by atoms with Gasteiger partial charge in [0.25, 0.3) is 0 Å². The average Bonchev–Trinajstić information content (AvgIpc) is 1.94. The Morgan fingerprint density at radius 3 is 2.82 bits per heavy atom. The molecule has 2 heteroatoms. The van der Waals surface area contributed by atoms with Crippen LogP contribution in [0.25, 0.3) is 0 Å². The van der Waals surface area contributed by atoms with Gasteiger partial charge in [0.1, 0.15) is 0 Å². The standard InChI is InChI=1S/C9H19NO/c1-4-5-8-9(2,3)10-6-7-11-8/h8,10H,4-7H2,1-3H3. The van der Waals surface area contributed by atoms with Crippen molar-refractivity contribution in [2.75, 3.05) is 13.2 Å². The van der Waals surface area contributed by atoms with E-state index in [1.54, 1.807) is 0 Å². The Bertz CT molecular complexity index is 121. The number of nitrogens with one attached hydrogen (secondary N) is 1. The molecule has 1 atom stereocenters. The minimum atomic E-state index is 0.175. The maximum absolute atomic E-state index is 5.67. The minimum absolute atomic E-state index is 0.175. The first-order valence-corrected chi connectivity index (χ1v) is 4.53. The van der Waals surface area contributed by atoms with Crippen molar-refractivity contribution in [3.63, 3.8) is 0 Å². The van der Waals surface area contributed by atoms with Gasteiger partial charge in [-0.3, -0.25) is 0 Å². The van der Waals surface area contributed by atoms with Gasteiger partial charge in [-0.15, -0.1) is 0 Å². The number of rotatable bonds is 2. The summed E-state index contributed by atoms with van der Waals surface area (Å²) in [5.41, 5.74) is 0.175. The van der Waals surface area contributed by atoms with Gasteiger partial charge < -0.3 is 10.1 Å². The van der Waals surface area contributed by atoms with Gasteiger partial charge in [-0.05, 0) is 20.3 Å². The Hall–Kier alpha value is -0.0800. The van der Waals surface area contributed by atoms with E-state index in [0.29, 0.717) is 6.10 Å². The van der Waals surface area contributed by atoms with E-state index in [4.69, 9.17) is 4.74 Å². The third kappa shape index (κ3) is 2.17. The van der Waals surface area contributed by atoms with Crippen LogP contribution in [0, 0.1) is 0 Å². The van der Waals surface area contributed by atoms with E-state index in [2.05, 4.69) is 26.1 Å². The van der Waals surface area contributed by atoms with Crippen LogP contribution in [-0.4, -0.2) is 24.8 Å². The molecular formula is C9H19NO. The molecule has 66 valence electrons. The molecule has 11 heavy (non-hydrogen) atoms. The van der Waals surface area contributed by atoms with Crippen molar-refractivity contribution in [3.05, 3.63) is 0 Å². The van der Waals surface area contributed by atoms with Crippen molar-refractivity contribution in [1.29, 1.82) is 0 Å². The number of hydrogen-bond acceptors (Lipinski definition) is 2. The first-order chi connectivity index (χ1) is 5.17. The molecule has 1 unspecified atom stereocenters. The smallest absolute Gasteiger partial charge is 0.0751 e. The summed E-state index contributed by atoms with van der Waals surface area (Å²) in [6.07, 6.45) is 2.77. The molecule has 0 aromatic carbocycles. The quantitative estimate of drug-likeness (QED) is 0.656. The van der Waals surface area contributed by atoms with E-state index in [1.165, 1.54) is 12.8 Å². The molecule has 1 aliphatic rings.